The summed E-state index contributed by atoms with van der Waals surface area (Å²) in [6.07, 6.45) is 1.50. The van der Waals surface area contributed by atoms with Crippen molar-refractivity contribution in [1.29, 1.82) is 0 Å². The number of hydrogen-bond acceptors (Lipinski definition) is 6. The summed E-state index contributed by atoms with van der Waals surface area (Å²) in [6.45, 7) is 2.42. The number of benzene rings is 2. The summed E-state index contributed by atoms with van der Waals surface area (Å²) in [5.74, 6) is -0.479. The van der Waals surface area contributed by atoms with Crippen LogP contribution in [0.5, 0.6) is 0 Å². The number of amides is 1. The first-order chi connectivity index (χ1) is 13.5. The highest BCUT2D eigenvalue weighted by Gasteiger charge is 2.10. The number of esters is 1. The molecule has 7 nitrogen and oxygen atoms in total. The third-order valence-corrected chi connectivity index (χ3v) is 4.00. The molecule has 0 bridgehead atoms. The Labute approximate surface area is 162 Å². The van der Waals surface area contributed by atoms with Crippen LogP contribution in [0.2, 0.25) is 0 Å². The topological polar surface area (TPSA) is 93.2 Å². The van der Waals surface area contributed by atoms with Crippen molar-refractivity contribution in [3.63, 3.8) is 0 Å². The lowest BCUT2D eigenvalue weighted by molar-refractivity contribution is 0.0600. The normalized spacial score (nSPS) is 10.2. The van der Waals surface area contributed by atoms with Crippen LogP contribution in [0.3, 0.4) is 0 Å². The predicted molar refractivity (Wildman–Crippen MR) is 105 cm³/mol. The van der Waals surface area contributed by atoms with Gasteiger partial charge in [0.05, 0.1) is 12.7 Å². The maximum absolute atomic E-state index is 12.4. The van der Waals surface area contributed by atoms with Gasteiger partial charge >= 0.3 is 5.97 Å². The highest BCUT2D eigenvalue weighted by Crippen LogP contribution is 2.15. The van der Waals surface area contributed by atoms with Crippen molar-refractivity contribution < 1.29 is 14.3 Å². The Bertz CT molecular complexity index is 987. The van der Waals surface area contributed by atoms with Crippen molar-refractivity contribution in [2.24, 2.45) is 0 Å². The third kappa shape index (κ3) is 4.91. The number of methoxy groups -OCH3 is 1. The Hall–Kier alpha value is -3.74. The van der Waals surface area contributed by atoms with E-state index in [0.29, 0.717) is 17.8 Å². The van der Waals surface area contributed by atoms with Gasteiger partial charge in [-0.1, -0.05) is 35.9 Å². The average Bonchev–Trinajstić information content (AvgIpc) is 2.73. The van der Waals surface area contributed by atoms with E-state index in [-0.39, 0.29) is 17.5 Å². The van der Waals surface area contributed by atoms with Crippen molar-refractivity contribution in [3.8, 4) is 0 Å². The predicted octanol–water partition coefficient (Wildman–Crippen LogP) is 3.25. The number of ether oxygens (including phenoxy) is 1. The van der Waals surface area contributed by atoms with Crippen molar-refractivity contribution in [3.05, 3.63) is 83.2 Å². The van der Waals surface area contributed by atoms with Crippen molar-refractivity contribution in [2.45, 2.75) is 13.5 Å². The van der Waals surface area contributed by atoms with Gasteiger partial charge in [-0.2, -0.15) is 0 Å². The summed E-state index contributed by atoms with van der Waals surface area (Å²) in [5, 5.41) is 5.83. The maximum atomic E-state index is 12.4. The third-order valence-electron chi connectivity index (χ3n) is 4.00. The number of hydrogen-bond donors (Lipinski definition) is 2. The number of carbonyl (C=O) groups excluding carboxylic acids is 2. The Morgan fingerprint density at radius 3 is 2.61 bits per heavy atom. The minimum atomic E-state index is -0.436. The van der Waals surface area contributed by atoms with Gasteiger partial charge in [0.1, 0.15) is 5.69 Å². The Kier molecular flexibility index (Phi) is 5.96. The van der Waals surface area contributed by atoms with E-state index in [1.54, 1.807) is 30.3 Å². The summed E-state index contributed by atoms with van der Waals surface area (Å²) >= 11 is 0. The summed E-state index contributed by atoms with van der Waals surface area (Å²) in [4.78, 5) is 32.4. The molecule has 3 aromatic rings. The molecule has 0 aliphatic heterocycles. The van der Waals surface area contributed by atoms with Gasteiger partial charge in [0, 0.05) is 18.4 Å². The van der Waals surface area contributed by atoms with Crippen LogP contribution in [0.15, 0.2) is 60.8 Å². The van der Waals surface area contributed by atoms with E-state index < -0.39 is 5.97 Å². The maximum Gasteiger partial charge on any atom is 0.337 e. The fraction of sp³-hybridized carbons (Fsp3) is 0.143. The molecule has 0 saturated heterocycles. The van der Waals surface area contributed by atoms with Gasteiger partial charge in [0.15, 0.2) is 0 Å². The van der Waals surface area contributed by atoms with Gasteiger partial charge in [-0.25, -0.2) is 14.8 Å². The van der Waals surface area contributed by atoms with Crippen molar-refractivity contribution in [1.82, 2.24) is 15.3 Å². The Morgan fingerprint density at radius 2 is 1.86 bits per heavy atom. The Morgan fingerprint density at radius 1 is 1.07 bits per heavy atom. The van der Waals surface area contributed by atoms with Gasteiger partial charge < -0.3 is 15.4 Å². The van der Waals surface area contributed by atoms with Crippen LogP contribution in [-0.2, 0) is 11.3 Å². The van der Waals surface area contributed by atoms with Crippen LogP contribution < -0.4 is 10.6 Å². The number of carbonyl (C=O) groups is 2. The van der Waals surface area contributed by atoms with Crippen LogP contribution in [0.4, 0.5) is 11.6 Å². The molecule has 7 heteroatoms. The first kappa shape index (κ1) is 19.0. The lowest BCUT2D eigenvalue weighted by Gasteiger charge is -2.08. The summed E-state index contributed by atoms with van der Waals surface area (Å²) in [7, 11) is 1.32. The molecule has 1 amide bonds. The second kappa shape index (κ2) is 8.77. The van der Waals surface area contributed by atoms with Gasteiger partial charge in [-0.05, 0) is 36.8 Å². The summed E-state index contributed by atoms with van der Waals surface area (Å²) < 4.78 is 4.71. The molecule has 0 radical (unpaired) electrons. The molecule has 0 atom stereocenters. The molecule has 1 aromatic heterocycles. The van der Waals surface area contributed by atoms with Gasteiger partial charge in [0.25, 0.3) is 5.91 Å². The second-order valence-electron chi connectivity index (χ2n) is 6.13. The number of aromatic nitrogens is 2. The molecule has 28 heavy (non-hydrogen) atoms. The van der Waals surface area contributed by atoms with Crippen LogP contribution in [0, 0.1) is 6.92 Å². The fourth-order valence-corrected chi connectivity index (χ4v) is 2.50. The van der Waals surface area contributed by atoms with Crippen LogP contribution in [0.25, 0.3) is 0 Å². The highest BCUT2D eigenvalue weighted by atomic mass is 16.5. The van der Waals surface area contributed by atoms with E-state index in [0.717, 1.165) is 11.1 Å². The summed E-state index contributed by atoms with van der Waals surface area (Å²) in [5.41, 5.74) is 3.43. The molecule has 3 rings (SSSR count). The average molecular weight is 376 g/mol. The van der Waals surface area contributed by atoms with Crippen molar-refractivity contribution >= 4 is 23.5 Å². The molecule has 2 aromatic carbocycles. The number of anilines is 2. The second-order valence-corrected chi connectivity index (χ2v) is 6.13. The summed E-state index contributed by atoms with van der Waals surface area (Å²) in [6, 6.07) is 16.2. The lowest BCUT2D eigenvalue weighted by Crippen LogP contribution is -2.24. The minimum absolute atomic E-state index is 0.244. The Balaban J connectivity index is 1.67. The molecule has 1 heterocycles. The van der Waals surface area contributed by atoms with E-state index >= 15 is 0 Å². The zero-order chi connectivity index (χ0) is 19.9. The lowest BCUT2D eigenvalue weighted by atomic mass is 10.1. The van der Waals surface area contributed by atoms with E-state index in [1.165, 1.54) is 13.3 Å². The first-order valence-electron chi connectivity index (χ1n) is 8.67. The first-order valence-corrected chi connectivity index (χ1v) is 8.67. The molecule has 0 fully saturated rings. The fourth-order valence-electron chi connectivity index (χ4n) is 2.50. The molecule has 0 unspecified atom stereocenters. The molecular weight excluding hydrogens is 356 g/mol. The zero-order valence-electron chi connectivity index (χ0n) is 15.6. The standard InChI is InChI=1S/C21H20N4O3/c1-14-6-8-15(9-7-14)13-23-19(26)18-10-11-22-21(25-18)24-17-5-3-4-16(12-17)20(27)28-2/h3-12H,13H2,1-2H3,(H,23,26)(H,22,24,25). The van der Waals surface area contributed by atoms with Crippen LogP contribution in [0.1, 0.15) is 32.0 Å². The molecule has 142 valence electrons. The van der Waals surface area contributed by atoms with Crippen LogP contribution >= 0.6 is 0 Å². The molecular formula is C21H20N4O3. The SMILES string of the molecule is COC(=O)c1cccc(Nc2nccc(C(=O)NCc3ccc(C)cc3)n2)c1. The van der Waals surface area contributed by atoms with Gasteiger partial charge in [-0.3, -0.25) is 4.79 Å². The number of nitrogens with one attached hydrogen (secondary N) is 2. The van der Waals surface area contributed by atoms with Crippen molar-refractivity contribution in [2.75, 3.05) is 12.4 Å². The monoisotopic (exact) mass is 376 g/mol. The zero-order valence-corrected chi connectivity index (χ0v) is 15.6. The molecule has 2 N–H and O–H groups in total. The quantitative estimate of drug-likeness (QED) is 0.642. The minimum Gasteiger partial charge on any atom is -0.465 e. The largest absolute Gasteiger partial charge is 0.465 e. The molecule has 0 spiro atoms. The van der Waals surface area contributed by atoms with Gasteiger partial charge in [-0.15, -0.1) is 0 Å². The molecule has 0 aliphatic rings. The molecule has 0 aliphatic carbocycles. The number of nitrogens with zero attached hydrogens (tertiary/aromatic N) is 2. The van der Waals surface area contributed by atoms with E-state index in [1.807, 2.05) is 31.2 Å². The smallest absolute Gasteiger partial charge is 0.337 e. The number of rotatable bonds is 6. The van der Waals surface area contributed by atoms with Crippen LogP contribution in [-0.4, -0.2) is 29.0 Å². The van der Waals surface area contributed by atoms with E-state index in [9.17, 15) is 9.59 Å². The highest BCUT2D eigenvalue weighted by molar-refractivity contribution is 5.92. The van der Waals surface area contributed by atoms with Gasteiger partial charge in [0.2, 0.25) is 5.95 Å². The number of aryl methyl sites for hydroxylation is 1. The molecule has 0 saturated carbocycles. The van der Waals surface area contributed by atoms with E-state index in [4.69, 9.17) is 4.74 Å². The van der Waals surface area contributed by atoms with E-state index in [2.05, 4.69) is 20.6 Å².